The number of fused-ring (bicyclic) bond motifs is 10. The molecule has 0 saturated heterocycles. The summed E-state index contributed by atoms with van der Waals surface area (Å²) in [6.45, 7) is 4.72. The highest BCUT2D eigenvalue weighted by Crippen LogP contribution is 2.79. The van der Waals surface area contributed by atoms with E-state index in [2.05, 4.69) is 13.8 Å². The zero-order valence-electron chi connectivity index (χ0n) is 15.0. The average molecular weight is 332 g/mol. The molecule has 0 radical (unpaired) electrons. The van der Waals surface area contributed by atoms with Crippen LogP contribution in [0.4, 0.5) is 0 Å². The highest BCUT2D eigenvalue weighted by atomic mass is 16.3. The van der Waals surface area contributed by atoms with Gasteiger partial charge in [-0.25, -0.2) is 0 Å². The minimum absolute atomic E-state index is 0.0200. The molecule has 0 aromatic heterocycles. The average Bonchev–Trinajstić information content (AvgIpc) is 3.41. The third-order valence-electron chi connectivity index (χ3n) is 10.4. The first-order valence-corrected chi connectivity index (χ1v) is 10.4. The lowest BCUT2D eigenvalue weighted by molar-refractivity contribution is -0.230. The van der Waals surface area contributed by atoms with Crippen molar-refractivity contribution in [1.29, 1.82) is 0 Å². The van der Waals surface area contributed by atoms with Crippen molar-refractivity contribution in [2.45, 2.75) is 76.6 Å². The van der Waals surface area contributed by atoms with Crippen LogP contribution in [0.1, 0.15) is 58.8 Å². The van der Waals surface area contributed by atoms with Gasteiger partial charge in [0, 0.05) is 6.42 Å². The molecule has 3 nitrogen and oxygen atoms in total. The zero-order valence-corrected chi connectivity index (χ0v) is 15.0. The Morgan fingerprint density at radius 3 is 2.46 bits per heavy atom. The molecule has 6 aliphatic rings. The summed E-state index contributed by atoms with van der Waals surface area (Å²) in [4.78, 5) is 0. The van der Waals surface area contributed by atoms with Gasteiger partial charge in [-0.05, 0) is 90.8 Å². The highest BCUT2D eigenvalue weighted by molar-refractivity contribution is 5.26. The van der Waals surface area contributed by atoms with Gasteiger partial charge in [-0.15, -0.1) is 0 Å². The number of aliphatic hydroxyl groups is 3. The molecule has 0 aromatic rings. The van der Waals surface area contributed by atoms with Gasteiger partial charge in [0.15, 0.2) is 0 Å². The minimum atomic E-state index is -0.635. The second-order valence-corrected chi connectivity index (χ2v) is 11.0. The van der Waals surface area contributed by atoms with Crippen molar-refractivity contribution < 1.29 is 15.3 Å². The van der Waals surface area contributed by atoms with Crippen LogP contribution in [0.5, 0.6) is 0 Å². The van der Waals surface area contributed by atoms with Crippen molar-refractivity contribution in [3.63, 3.8) is 0 Å². The molecule has 3 N–H and O–H groups in total. The highest BCUT2D eigenvalue weighted by Gasteiger charge is 2.78. The van der Waals surface area contributed by atoms with Crippen molar-refractivity contribution in [2.75, 3.05) is 0 Å². The van der Waals surface area contributed by atoms with Crippen LogP contribution in [0, 0.1) is 52.3 Å². The molecule has 0 heterocycles. The van der Waals surface area contributed by atoms with Gasteiger partial charge in [-0.3, -0.25) is 0 Å². The smallest absolute Gasteiger partial charge is 0.0759 e. The van der Waals surface area contributed by atoms with Gasteiger partial charge in [-0.2, -0.15) is 0 Å². The molecule has 6 fully saturated rings. The van der Waals surface area contributed by atoms with Crippen molar-refractivity contribution in [3.05, 3.63) is 0 Å². The van der Waals surface area contributed by atoms with E-state index in [0.717, 1.165) is 31.1 Å². The summed E-state index contributed by atoms with van der Waals surface area (Å²) in [6.07, 6.45) is 6.78. The third kappa shape index (κ3) is 1.42. The Balaban J connectivity index is 1.44. The van der Waals surface area contributed by atoms with Crippen molar-refractivity contribution in [1.82, 2.24) is 0 Å². The quantitative estimate of drug-likeness (QED) is 0.639. The second kappa shape index (κ2) is 4.07. The Kier molecular flexibility index (Phi) is 2.54. The summed E-state index contributed by atoms with van der Waals surface area (Å²) >= 11 is 0. The molecular formula is C21H32O3. The molecule has 0 spiro atoms. The molecular weight excluding hydrogens is 300 g/mol. The van der Waals surface area contributed by atoms with E-state index in [0.29, 0.717) is 36.0 Å². The van der Waals surface area contributed by atoms with E-state index in [1.165, 1.54) is 19.3 Å². The summed E-state index contributed by atoms with van der Waals surface area (Å²) in [5, 5.41) is 32.8. The molecule has 134 valence electrons. The Morgan fingerprint density at radius 2 is 1.67 bits per heavy atom. The van der Waals surface area contributed by atoms with Gasteiger partial charge < -0.3 is 15.3 Å². The first-order valence-electron chi connectivity index (χ1n) is 10.4. The molecule has 0 aliphatic heterocycles. The lowest BCUT2D eigenvalue weighted by Crippen LogP contribution is -2.64. The van der Waals surface area contributed by atoms with Crippen LogP contribution in [-0.2, 0) is 0 Å². The van der Waals surface area contributed by atoms with E-state index in [1.807, 2.05) is 0 Å². The molecule has 0 amide bonds. The van der Waals surface area contributed by atoms with E-state index < -0.39 is 5.60 Å². The predicted octanol–water partition coefficient (Wildman–Crippen LogP) is 2.58. The Morgan fingerprint density at radius 1 is 0.875 bits per heavy atom. The molecule has 0 bridgehead atoms. The summed E-state index contributed by atoms with van der Waals surface area (Å²) in [5.74, 6) is 4.44. The van der Waals surface area contributed by atoms with Gasteiger partial charge in [0.1, 0.15) is 0 Å². The lowest BCUT2D eigenvalue weighted by atomic mass is 9.43. The van der Waals surface area contributed by atoms with Crippen LogP contribution in [-0.4, -0.2) is 33.1 Å². The van der Waals surface area contributed by atoms with Crippen molar-refractivity contribution in [2.24, 2.45) is 52.3 Å². The summed E-state index contributed by atoms with van der Waals surface area (Å²) in [7, 11) is 0. The Labute approximate surface area is 144 Å². The largest absolute Gasteiger partial charge is 0.393 e. The van der Waals surface area contributed by atoms with E-state index in [-0.39, 0.29) is 23.0 Å². The SMILES string of the molecule is CC12CCC3C(C4CC4C4(O)CC(O)CCC34C)C1C1CC1C2O. The molecule has 3 heteroatoms. The van der Waals surface area contributed by atoms with Gasteiger partial charge >= 0.3 is 0 Å². The molecule has 6 rings (SSSR count). The number of hydrogen-bond acceptors (Lipinski definition) is 3. The summed E-state index contributed by atoms with van der Waals surface area (Å²) in [6, 6.07) is 0. The Hall–Kier alpha value is -0.120. The number of aliphatic hydroxyl groups excluding tert-OH is 2. The minimum Gasteiger partial charge on any atom is -0.393 e. The fourth-order valence-electron chi connectivity index (χ4n) is 9.09. The fourth-order valence-corrected chi connectivity index (χ4v) is 9.09. The maximum absolute atomic E-state index is 11.7. The first-order chi connectivity index (χ1) is 11.3. The summed E-state index contributed by atoms with van der Waals surface area (Å²) in [5.41, 5.74) is -0.514. The van der Waals surface area contributed by atoms with Gasteiger partial charge in [0.2, 0.25) is 0 Å². The van der Waals surface area contributed by atoms with E-state index in [1.54, 1.807) is 0 Å². The van der Waals surface area contributed by atoms with E-state index in [9.17, 15) is 15.3 Å². The zero-order chi connectivity index (χ0) is 16.6. The van der Waals surface area contributed by atoms with E-state index in [4.69, 9.17) is 0 Å². The molecule has 6 saturated carbocycles. The first kappa shape index (κ1) is 15.0. The lowest BCUT2D eigenvalue weighted by Gasteiger charge is -2.64. The second-order valence-electron chi connectivity index (χ2n) is 11.0. The molecule has 24 heavy (non-hydrogen) atoms. The van der Waals surface area contributed by atoms with Gasteiger partial charge in [0.25, 0.3) is 0 Å². The molecule has 12 atom stereocenters. The van der Waals surface area contributed by atoms with Crippen molar-refractivity contribution >= 4 is 0 Å². The van der Waals surface area contributed by atoms with Crippen LogP contribution in [0.3, 0.4) is 0 Å². The van der Waals surface area contributed by atoms with Crippen LogP contribution in [0.25, 0.3) is 0 Å². The fraction of sp³-hybridized carbons (Fsp3) is 1.00. The molecule has 0 aromatic carbocycles. The maximum Gasteiger partial charge on any atom is 0.0759 e. The predicted molar refractivity (Wildman–Crippen MR) is 89.9 cm³/mol. The van der Waals surface area contributed by atoms with Gasteiger partial charge in [0.05, 0.1) is 17.8 Å². The van der Waals surface area contributed by atoms with Crippen molar-refractivity contribution in [3.8, 4) is 0 Å². The topological polar surface area (TPSA) is 60.7 Å². The number of hydrogen-bond donors (Lipinski definition) is 3. The normalized spacial score (nSPS) is 72.1. The van der Waals surface area contributed by atoms with Crippen LogP contribution in [0.2, 0.25) is 0 Å². The van der Waals surface area contributed by atoms with E-state index >= 15 is 0 Å². The summed E-state index contributed by atoms with van der Waals surface area (Å²) < 4.78 is 0. The van der Waals surface area contributed by atoms with Crippen LogP contribution < -0.4 is 0 Å². The van der Waals surface area contributed by atoms with Crippen LogP contribution in [0.15, 0.2) is 0 Å². The molecule has 12 unspecified atom stereocenters. The standard InChI is InChI=1S/C21H32O3/c1-19-5-4-14-16(17(19)11-7-12(11)18(19)23)13-8-15(13)21(24)9-10(22)3-6-20(14,21)2/h10-18,22-24H,3-9H2,1-2H3. The third-order valence-corrected chi connectivity index (χ3v) is 10.4. The monoisotopic (exact) mass is 332 g/mol. The number of rotatable bonds is 0. The van der Waals surface area contributed by atoms with Crippen LogP contribution >= 0.6 is 0 Å². The maximum atomic E-state index is 11.7. The van der Waals surface area contributed by atoms with Gasteiger partial charge in [-0.1, -0.05) is 13.8 Å². The Bertz CT molecular complexity index is 606. The molecule has 6 aliphatic carbocycles.